The molecule has 0 bridgehead atoms. The SMILES string of the molecule is CC[C@H](C)N1C(=O)/C(=C/c2c(N3CCCCC3)nc3ccccn3c2=O)SC1=S. The fourth-order valence-electron chi connectivity index (χ4n) is 3.74. The van der Waals surface area contributed by atoms with Crippen molar-refractivity contribution in [1.82, 2.24) is 14.3 Å². The predicted octanol–water partition coefficient (Wildman–Crippen LogP) is 3.68. The number of carbonyl (C=O) groups excluding carboxylic acids is 1. The van der Waals surface area contributed by atoms with Crippen molar-refractivity contribution in [2.45, 2.75) is 45.6 Å². The van der Waals surface area contributed by atoms with Crippen molar-refractivity contribution in [2.75, 3.05) is 18.0 Å². The van der Waals surface area contributed by atoms with Crippen LogP contribution in [-0.4, -0.2) is 43.6 Å². The third-order valence-electron chi connectivity index (χ3n) is 5.54. The number of thioether (sulfide) groups is 1. The Kier molecular flexibility index (Phi) is 5.74. The molecule has 29 heavy (non-hydrogen) atoms. The third kappa shape index (κ3) is 3.71. The molecule has 1 atom stereocenters. The van der Waals surface area contributed by atoms with Crippen LogP contribution in [0.4, 0.5) is 5.82 Å². The average Bonchev–Trinajstić information content (AvgIpc) is 3.03. The van der Waals surface area contributed by atoms with E-state index in [9.17, 15) is 9.59 Å². The van der Waals surface area contributed by atoms with E-state index in [0.717, 1.165) is 32.4 Å². The lowest BCUT2D eigenvalue weighted by atomic mass is 10.1. The highest BCUT2D eigenvalue weighted by Crippen LogP contribution is 2.35. The molecule has 8 heteroatoms. The van der Waals surface area contributed by atoms with Gasteiger partial charge in [0, 0.05) is 25.3 Å². The van der Waals surface area contributed by atoms with Gasteiger partial charge >= 0.3 is 0 Å². The summed E-state index contributed by atoms with van der Waals surface area (Å²) >= 11 is 6.70. The van der Waals surface area contributed by atoms with E-state index in [4.69, 9.17) is 17.2 Å². The molecule has 0 saturated carbocycles. The summed E-state index contributed by atoms with van der Waals surface area (Å²) in [5, 5.41) is 0. The Morgan fingerprint density at radius 3 is 2.72 bits per heavy atom. The summed E-state index contributed by atoms with van der Waals surface area (Å²) in [4.78, 5) is 35.4. The molecule has 2 fully saturated rings. The summed E-state index contributed by atoms with van der Waals surface area (Å²) in [5.74, 6) is 0.534. The Balaban J connectivity index is 1.85. The summed E-state index contributed by atoms with van der Waals surface area (Å²) in [7, 11) is 0. The fourth-order valence-corrected chi connectivity index (χ4v) is 5.18. The van der Waals surface area contributed by atoms with Gasteiger partial charge in [-0.25, -0.2) is 4.98 Å². The van der Waals surface area contributed by atoms with E-state index < -0.39 is 0 Å². The van der Waals surface area contributed by atoms with Gasteiger partial charge in [-0.2, -0.15) is 0 Å². The molecule has 2 aliphatic heterocycles. The number of piperidine rings is 1. The number of carbonyl (C=O) groups is 1. The Morgan fingerprint density at radius 2 is 2.00 bits per heavy atom. The van der Waals surface area contributed by atoms with E-state index >= 15 is 0 Å². The Labute approximate surface area is 179 Å². The van der Waals surface area contributed by atoms with E-state index in [2.05, 4.69) is 4.90 Å². The number of rotatable bonds is 4. The van der Waals surface area contributed by atoms with Crippen LogP contribution in [-0.2, 0) is 4.79 Å². The van der Waals surface area contributed by atoms with Gasteiger partial charge in [0.05, 0.1) is 10.5 Å². The summed E-state index contributed by atoms with van der Waals surface area (Å²) in [5.41, 5.74) is 0.910. The van der Waals surface area contributed by atoms with Crippen molar-refractivity contribution in [2.24, 2.45) is 0 Å². The number of aromatic nitrogens is 2. The minimum Gasteiger partial charge on any atom is -0.356 e. The molecule has 4 heterocycles. The zero-order valence-corrected chi connectivity index (χ0v) is 18.3. The topological polar surface area (TPSA) is 57.9 Å². The van der Waals surface area contributed by atoms with E-state index in [1.54, 1.807) is 17.2 Å². The molecular weight excluding hydrogens is 404 g/mol. The highest BCUT2D eigenvalue weighted by atomic mass is 32.2. The molecule has 0 spiro atoms. The molecule has 0 N–H and O–H groups in total. The van der Waals surface area contributed by atoms with Crippen LogP contribution in [0.3, 0.4) is 0 Å². The van der Waals surface area contributed by atoms with E-state index in [-0.39, 0.29) is 17.5 Å². The van der Waals surface area contributed by atoms with Crippen molar-refractivity contribution >= 4 is 51.7 Å². The molecule has 2 saturated heterocycles. The number of hydrogen-bond donors (Lipinski definition) is 0. The van der Waals surface area contributed by atoms with Crippen LogP contribution in [0.25, 0.3) is 11.7 Å². The van der Waals surface area contributed by atoms with E-state index in [1.807, 2.05) is 32.0 Å². The standard InChI is InChI=1S/C21H24N4O2S2/c1-3-14(2)25-20(27)16(29-21(25)28)13-15-18(23-10-6-4-7-11-23)22-17-9-5-8-12-24(17)19(15)26/h5,8-9,12-14H,3-4,6-7,10-11H2,1-2H3/b16-13-/t14-/m0/s1. The largest absolute Gasteiger partial charge is 0.356 e. The van der Waals surface area contributed by atoms with Crippen molar-refractivity contribution in [3.8, 4) is 0 Å². The molecule has 2 aromatic rings. The summed E-state index contributed by atoms with van der Waals surface area (Å²) in [6, 6.07) is 5.55. The normalized spacial score (nSPS) is 20.1. The van der Waals surface area contributed by atoms with Crippen LogP contribution in [0, 0.1) is 0 Å². The molecule has 4 rings (SSSR count). The molecule has 0 aromatic carbocycles. The van der Waals surface area contributed by atoms with Crippen LogP contribution in [0.15, 0.2) is 34.1 Å². The maximum absolute atomic E-state index is 13.3. The number of thiocarbonyl (C=S) groups is 1. The van der Waals surface area contributed by atoms with Gasteiger partial charge in [0.2, 0.25) is 0 Å². The number of pyridine rings is 1. The van der Waals surface area contributed by atoms with Crippen LogP contribution in [0.5, 0.6) is 0 Å². The molecule has 0 radical (unpaired) electrons. The lowest BCUT2D eigenvalue weighted by Crippen LogP contribution is -2.36. The highest BCUT2D eigenvalue weighted by Gasteiger charge is 2.35. The highest BCUT2D eigenvalue weighted by molar-refractivity contribution is 8.26. The summed E-state index contributed by atoms with van der Waals surface area (Å²) < 4.78 is 2.08. The zero-order valence-electron chi connectivity index (χ0n) is 16.6. The van der Waals surface area contributed by atoms with Gasteiger partial charge in [0.25, 0.3) is 11.5 Å². The fraction of sp³-hybridized carbons (Fsp3) is 0.429. The number of amides is 1. The third-order valence-corrected chi connectivity index (χ3v) is 6.87. The number of anilines is 1. The molecule has 6 nitrogen and oxygen atoms in total. The first-order valence-electron chi connectivity index (χ1n) is 10.0. The Morgan fingerprint density at radius 1 is 1.24 bits per heavy atom. The molecule has 152 valence electrons. The van der Waals surface area contributed by atoms with E-state index in [0.29, 0.717) is 26.3 Å². The maximum atomic E-state index is 13.3. The predicted molar refractivity (Wildman–Crippen MR) is 122 cm³/mol. The zero-order chi connectivity index (χ0) is 20.5. The smallest absolute Gasteiger partial charge is 0.267 e. The quantitative estimate of drug-likeness (QED) is 0.547. The van der Waals surface area contributed by atoms with Gasteiger partial charge in [-0.05, 0) is 50.8 Å². The minimum absolute atomic E-state index is 0.0331. The van der Waals surface area contributed by atoms with Crippen molar-refractivity contribution in [1.29, 1.82) is 0 Å². The van der Waals surface area contributed by atoms with Gasteiger partial charge in [-0.3, -0.25) is 18.9 Å². The second kappa shape index (κ2) is 8.28. The Hall–Kier alpha value is -2.19. The first-order valence-corrected chi connectivity index (χ1v) is 11.3. The van der Waals surface area contributed by atoms with Gasteiger partial charge in [-0.15, -0.1) is 0 Å². The molecular formula is C21H24N4O2S2. The monoisotopic (exact) mass is 428 g/mol. The molecule has 2 aromatic heterocycles. The lowest BCUT2D eigenvalue weighted by Gasteiger charge is -2.29. The number of nitrogens with zero attached hydrogens (tertiary/aromatic N) is 4. The van der Waals surface area contributed by atoms with Crippen molar-refractivity contribution in [3.63, 3.8) is 0 Å². The number of fused-ring (bicyclic) bond motifs is 1. The number of hydrogen-bond acceptors (Lipinski definition) is 6. The lowest BCUT2D eigenvalue weighted by molar-refractivity contribution is -0.123. The average molecular weight is 429 g/mol. The second-order valence-electron chi connectivity index (χ2n) is 7.44. The van der Waals surface area contributed by atoms with Crippen molar-refractivity contribution < 1.29 is 4.79 Å². The van der Waals surface area contributed by atoms with E-state index in [1.165, 1.54) is 22.6 Å². The summed E-state index contributed by atoms with van der Waals surface area (Å²) in [6.45, 7) is 5.74. The molecule has 0 unspecified atom stereocenters. The van der Waals surface area contributed by atoms with Crippen LogP contribution in [0.2, 0.25) is 0 Å². The van der Waals surface area contributed by atoms with Crippen LogP contribution < -0.4 is 10.5 Å². The molecule has 1 amide bonds. The van der Waals surface area contributed by atoms with Crippen LogP contribution in [0.1, 0.15) is 45.1 Å². The van der Waals surface area contributed by atoms with Crippen LogP contribution >= 0.6 is 24.0 Å². The minimum atomic E-state index is -0.162. The van der Waals surface area contributed by atoms with Gasteiger partial charge < -0.3 is 4.90 Å². The first kappa shape index (κ1) is 20.1. The van der Waals surface area contributed by atoms with Gasteiger partial charge in [0.15, 0.2) is 0 Å². The first-order chi connectivity index (χ1) is 14.0. The van der Waals surface area contributed by atoms with Gasteiger partial charge in [0.1, 0.15) is 15.8 Å². The maximum Gasteiger partial charge on any atom is 0.267 e. The van der Waals surface area contributed by atoms with Gasteiger partial charge in [-0.1, -0.05) is 37.0 Å². The Bertz CT molecular complexity index is 1060. The second-order valence-corrected chi connectivity index (χ2v) is 9.12. The summed E-state index contributed by atoms with van der Waals surface area (Å²) in [6.07, 6.45) is 7.56. The van der Waals surface area contributed by atoms with Crippen molar-refractivity contribution in [3.05, 3.63) is 45.2 Å². The molecule has 2 aliphatic rings. The molecule has 0 aliphatic carbocycles.